The van der Waals surface area contributed by atoms with Crippen LogP contribution < -0.4 is 9.47 Å². The van der Waals surface area contributed by atoms with Crippen LogP contribution in [0.4, 0.5) is 0 Å². The maximum Gasteiger partial charge on any atom is 0.374 e. The lowest BCUT2D eigenvalue weighted by molar-refractivity contribution is -0.169. The van der Waals surface area contributed by atoms with Gasteiger partial charge in [-0.15, -0.1) is 0 Å². The van der Waals surface area contributed by atoms with E-state index in [1.165, 1.54) is 52.4 Å². The Morgan fingerprint density at radius 3 is 1.60 bits per heavy atom. The Balaban J connectivity index is 1.88. The van der Waals surface area contributed by atoms with Crippen molar-refractivity contribution in [1.82, 2.24) is 0 Å². The van der Waals surface area contributed by atoms with E-state index >= 15 is 0 Å². The van der Waals surface area contributed by atoms with Gasteiger partial charge >= 0.3 is 29.8 Å². The number of benzene rings is 3. The fraction of sp³-hybridized carbons (Fsp3) is 0.453. The molecular weight excluding hydrogens is 877 g/mol. The molecule has 68 heavy (non-hydrogen) atoms. The lowest BCUT2D eigenvalue weighted by atomic mass is 9.91. The highest BCUT2D eigenvalue weighted by molar-refractivity contribution is 6.34. The van der Waals surface area contributed by atoms with E-state index in [2.05, 4.69) is 44.3 Å². The van der Waals surface area contributed by atoms with E-state index < -0.39 is 67.3 Å². The predicted octanol–water partition coefficient (Wildman–Crippen LogP) is 7.85. The van der Waals surface area contributed by atoms with Gasteiger partial charge in [0.05, 0.1) is 19.8 Å². The summed E-state index contributed by atoms with van der Waals surface area (Å²) in [5.74, 6) is -5.25. The van der Waals surface area contributed by atoms with Gasteiger partial charge in [0.25, 0.3) is 0 Å². The van der Waals surface area contributed by atoms with Crippen molar-refractivity contribution in [2.24, 2.45) is 5.41 Å². The summed E-state index contributed by atoms with van der Waals surface area (Å²) in [5, 5.41) is 0. The van der Waals surface area contributed by atoms with E-state index in [0.717, 1.165) is 23.1 Å². The maximum atomic E-state index is 12.8. The third-order valence-electron chi connectivity index (χ3n) is 10.5. The highest BCUT2D eigenvalue weighted by atomic mass is 16.6. The van der Waals surface area contributed by atoms with Gasteiger partial charge < -0.3 is 37.9 Å². The molecule has 0 fully saturated rings. The second-order valence-electron chi connectivity index (χ2n) is 16.6. The monoisotopic (exact) mass is 942 g/mol. The minimum Gasteiger partial charge on any atom is -0.492 e. The second-order valence-corrected chi connectivity index (χ2v) is 16.6. The number of ketones is 2. The Bertz CT molecular complexity index is 2140. The topological polar surface area (TPSA) is 193 Å². The second kappa shape index (κ2) is 30.0. The highest BCUT2D eigenvalue weighted by Gasteiger charge is 2.39. The molecule has 0 atom stereocenters. The van der Waals surface area contributed by atoms with Crippen molar-refractivity contribution < 1.29 is 71.5 Å². The third kappa shape index (κ3) is 20.2. The lowest BCUT2D eigenvalue weighted by Gasteiger charge is -2.32. The van der Waals surface area contributed by atoms with Crippen LogP contribution in [0, 0.1) is 5.41 Å². The number of ether oxygens (including phenoxy) is 8. The first-order valence-electron chi connectivity index (χ1n) is 22.8. The molecule has 15 heteroatoms. The number of Topliss-reactive ketones (excluding diaryl/α,β-unsaturated/α-hetero) is 2. The van der Waals surface area contributed by atoms with Crippen molar-refractivity contribution in [1.29, 1.82) is 0 Å². The summed E-state index contributed by atoms with van der Waals surface area (Å²) < 4.78 is 43.5. The van der Waals surface area contributed by atoms with E-state index in [4.69, 9.17) is 37.9 Å². The number of esters is 5. The smallest absolute Gasteiger partial charge is 0.374 e. The van der Waals surface area contributed by atoms with Gasteiger partial charge in [0, 0.05) is 44.6 Å². The molecule has 15 nitrogen and oxygen atoms in total. The van der Waals surface area contributed by atoms with Crippen LogP contribution in [0.1, 0.15) is 88.8 Å². The van der Waals surface area contributed by atoms with Gasteiger partial charge in [-0.2, -0.15) is 0 Å². The summed E-state index contributed by atoms with van der Waals surface area (Å²) in [6.07, 6.45) is 6.79. The van der Waals surface area contributed by atoms with Crippen LogP contribution in [0.15, 0.2) is 91.0 Å². The number of hydrogen-bond donors (Lipinski definition) is 0. The number of aryl methyl sites for hydroxylation is 3. The largest absolute Gasteiger partial charge is 0.492 e. The SMILES string of the molecule is C=C(C)C(=O)OCCCc1cc(-c2ccc(OC(=O)CCc3ccc(CCCCCC)cc3)cc2)ccc1OCC(COC(=O)C(=C)C)(COC(=O)C(=O)CCOC)COC(=O)C(=O)CCOC. The Kier molecular flexibility index (Phi) is 24.7. The van der Waals surface area contributed by atoms with Crippen LogP contribution in [-0.2, 0) is 81.2 Å². The third-order valence-corrected chi connectivity index (χ3v) is 10.5. The maximum absolute atomic E-state index is 12.8. The molecule has 3 aromatic carbocycles. The standard InChI is InChI=1S/C53H66O15/c1-8-9-10-11-13-39-15-17-40(18-16-39)19-26-48(56)68-44-23-20-41(21-24-44)42-22-25-47(43(32-42)14-12-29-63-49(57)37(2)3)64-33-53(34-65-50(58)38(4)5,35-66-51(59)45(54)27-30-61-6)36-67-52(60)46(55)28-31-62-7/h15-18,20-25,32H,2,4,8-14,19,26-31,33-36H2,1,3,5-7H3. The molecule has 3 rings (SSSR count). The minimum absolute atomic E-state index is 0.0411. The minimum atomic E-state index is -1.67. The molecular formula is C53H66O15. The molecule has 0 saturated heterocycles. The molecule has 0 amide bonds. The first-order chi connectivity index (χ1) is 32.6. The number of rotatable bonds is 33. The van der Waals surface area contributed by atoms with Crippen LogP contribution in [-0.4, -0.2) is 102 Å². The summed E-state index contributed by atoms with van der Waals surface area (Å²) in [6, 6.07) is 20.7. The summed E-state index contributed by atoms with van der Waals surface area (Å²) >= 11 is 0. The quantitative estimate of drug-likeness (QED) is 0.0143. The van der Waals surface area contributed by atoms with Crippen molar-refractivity contribution in [2.45, 2.75) is 91.4 Å². The summed E-state index contributed by atoms with van der Waals surface area (Å²) in [6.45, 7) is 10.0. The van der Waals surface area contributed by atoms with Crippen molar-refractivity contribution in [2.75, 3.05) is 60.5 Å². The van der Waals surface area contributed by atoms with Crippen molar-refractivity contribution >= 4 is 41.4 Å². The zero-order valence-electron chi connectivity index (χ0n) is 40.1. The molecule has 0 aliphatic heterocycles. The first-order valence-corrected chi connectivity index (χ1v) is 22.8. The van der Waals surface area contributed by atoms with Gasteiger partial charge in [0.15, 0.2) is 0 Å². The van der Waals surface area contributed by atoms with Gasteiger partial charge in [0.1, 0.15) is 43.3 Å². The molecule has 0 N–H and O–H groups in total. The number of unbranched alkanes of at least 4 members (excludes halogenated alkanes) is 3. The molecule has 0 unspecified atom stereocenters. The zero-order chi connectivity index (χ0) is 49.9. The van der Waals surface area contributed by atoms with E-state index in [0.29, 0.717) is 36.3 Å². The fourth-order valence-corrected chi connectivity index (χ4v) is 6.43. The van der Waals surface area contributed by atoms with Gasteiger partial charge in [0.2, 0.25) is 11.6 Å². The first kappa shape index (κ1) is 55.9. The molecule has 0 radical (unpaired) electrons. The Morgan fingerprint density at radius 1 is 0.529 bits per heavy atom. The highest BCUT2D eigenvalue weighted by Crippen LogP contribution is 2.32. The Labute approximate surface area is 399 Å². The summed E-state index contributed by atoms with van der Waals surface area (Å²) in [5.41, 5.74) is 3.14. The van der Waals surface area contributed by atoms with E-state index in [9.17, 15) is 33.6 Å². The predicted molar refractivity (Wildman–Crippen MR) is 253 cm³/mol. The van der Waals surface area contributed by atoms with Crippen LogP contribution in [0.2, 0.25) is 0 Å². The van der Waals surface area contributed by atoms with Gasteiger partial charge in [-0.3, -0.25) is 14.4 Å². The van der Waals surface area contributed by atoms with Crippen LogP contribution in [0.5, 0.6) is 11.5 Å². The van der Waals surface area contributed by atoms with Crippen molar-refractivity contribution in [3.05, 3.63) is 108 Å². The van der Waals surface area contributed by atoms with Crippen LogP contribution >= 0.6 is 0 Å². The number of carbonyl (C=O) groups is 7. The fourth-order valence-electron chi connectivity index (χ4n) is 6.43. The molecule has 0 aliphatic carbocycles. The van der Waals surface area contributed by atoms with Crippen LogP contribution in [0.25, 0.3) is 11.1 Å². The van der Waals surface area contributed by atoms with Crippen molar-refractivity contribution in [3.8, 4) is 22.6 Å². The molecule has 368 valence electrons. The molecule has 3 aromatic rings. The number of methoxy groups -OCH3 is 2. The van der Waals surface area contributed by atoms with Gasteiger partial charge in [-0.1, -0.05) is 81.8 Å². The van der Waals surface area contributed by atoms with Crippen LogP contribution in [0.3, 0.4) is 0 Å². The molecule has 0 aliphatic rings. The Morgan fingerprint density at radius 2 is 1.06 bits per heavy atom. The summed E-state index contributed by atoms with van der Waals surface area (Å²) in [7, 11) is 2.73. The lowest BCUT2D eigenvalue weighted by Crippen LogP contribution is -2.45. The average Bonchev–Trinajstić information content (AvgIpc) is 3.34. The molecule has 0 bridgehead atoms. The van der Waals surface area contributed by atoms with Crippen molar-refractivity contribution in [3.63, 3.8) is 0 Å². The Hall–Kier alpha value is -6.45. The van der Waals surface area contributed by atoms with Gasteiger partial charge in [-0.05, 0) is 98.0 Å². The van der Waals surface area contributed by atoms with Gasteiger partial charge in [-0.25, -0.2) is 19.2 Å². The van der Waals surface area contributed by atoms with E-state index in [-0.39, 0.29) is 56.2 Å². The molecule has 0 spiro atoms. The molecule has 0 saturated carbocycles. The number of carbonyl (C=O) groups excluding carboxylic acids is 7. The molecule has 0 heterocycles. The zero-order valence-corrected chi connectivity index (χ0v) is 40.1. The average molecular weight is 943 g/mol. The van der Waals surface area contributed by atoms with E-state index in [1.54, 1.807) is 31.2 Å². The van der Waals surface area contributed by atoms with E-state index in [1.807, 2.05) is 18.2 Å². The summed E-state index contributed by atoms with van der Waals surface area (Å²) in [4.78, 5) is 88.3. The number of hydrogen-bond acceptors (Lipinski definition) is 15. The molecule has 0 aromatic heterocycles. The normalized spacial score (nSPS) is 11.0.